The van der Waals surface area contributed by atoms with Crippen LogP contribution in [0.3, 0.4) is 0 Å². The average Bonchev–Trinajstić information content (AvgIpc) is 3.16. The zero-order valence-electron chi connectivity index (χ0n) is 12.6. The Morgan fingerprint density at radius 1 is 1.40 bits per heavy atom. The minimum Gasteiger partial charge on any atom is -0.351 e. The van der Waals surface area contributed by atoms with Gasteiger partial charge in [0.15, 0.2) is 5.96 Å². The first-order valence-corrected chi connectivity index (χ1v) is 7.65. The molecule has 5 nitrogen and oxygen atoms in total. The van der Waals surface area contributed by atoms with Crippen LogP contribution in [0.4, 0.5) is 0 Å². The second-order valence-corrected chi connectivity index (χ2v) is 6.23. The van der Waals surface area contributed by atoms with Gasteiger partial charge in [-0.1, -0.05) is 12.8 Å². The van der Waals surface area contributed by atoms with E-state index in [-0.39, 0.29) is 0 Å². The zero-order chi connectivity index (χ0) is 14.0. The van der Waals surface area contributed by atoms with Gasteiger partial charge in [-0.25, -0.2) is 0 Å². The highest BCUT2D eigenvalue weighted by Crippen LogP contribution is 2.45. The van der Waals surface area contributed by atoms with E-state index in [0.29, 0.717) is 5.41 Å². The fourth-order valence-corrected chi connectivity index (χ4v) is 3.73. The van der Waals surface area contributed by atoms with Crippen LogP contribution in [0, 0.1) is 5.41 Å². The molecule has 5 heteroatoms. The second-order valence-electron chi connectivity index (χ2n) is 6.23. The molecule has 1 aliphatic heterocycles. The summed E-state index contributed by atoms with van der Waals surface area (Å²) in [6.07, 6.45) is 8.80. The van der Waals surface area contributed by atoms with Crippen molar-refractivity contribution in [1.82, 2.24) is 20.0 Å². The molecule has 1 saturated heterocycles. The predicted octanol–water partition coefficient (Wildman–Crippen LogP) is 1.76. The molecule has 1 aromatic rings. The standard InChI is InChI=1S/C15H25N5/c1-16-14(17-11-13-5-9-18-19(13)2)20-10-8-15(12-20)6-3-4-7-15/h5,9H,3-4,6-8,10-12H2,1-2H3,(H,16,17). The number of nitrogens with zero attached hydrogens (tertiary/aromatic N) is 4. The van der Waals surface area contributed by atoms with Gasteiger partial charge in [0.05, 0.1) is 12.2 Å². The quantitative estimate of drug-likeness (QED) is 0.661. The maximum Gasteiger partial charge on any atom is 0.193 e. The van der Waals surface area contributed by atoms with E-state index < -0.39 is 0 Å². The van der Waals surface area contributed by atoms with E-state index in [1.54, 1.807) is 0 Å². The van der Waals surface area contributed by atoms with Crippen LogP contribution in [0.15, 0.2) is 17.3 Å². The third-order valence-electron chi connectivity index (χ3n) is 4.96. The number of rotatable bonds is 2. The lowest BCUT2D eigenvalue weighted by Crippen LogP contribution is -2.40. The van der Waals surface area contributed by atoms with Crippen LogP contribution >= 0.6 is 0 Å². The fourth-order valence-electron chi connectivity index (χ4n) is 3.73. The van der Waals surface area contributed by atoms with Gasteiger partial charge in [-0.15, -0.1) is 0 Å². The molecule has 0 amide bonds. The van der Waals surface area contributed by atoms with Gasteiger partial charge in [-0.05, 0) is 30.7 Å². The van der Waals surface area contributed by atoms with Crippen LogP contribution < -0.4 is 5.32 Å². The summed E-state index contributed by atoms with van der Waals surface area (Å²) in [5.41, 5.74) is 1.77. The average molecular weight is 275 g/mol. The van der Waals surface area contributed by atoms with Crippen LogP contribution in [0.5, 0.6) is 0 Å². The van der Waals surface area contributed by atoms with Gasteiger partial charge in [0.2, 0.25) is 0 Å². The topological polar surface area (TPSA) is 45.5 Å². The largest absolute Gasteiger partial charge is 0.351 e. The molecule has 1 aromatic heterocycles. The summed E-state index contributed by atoms with van der Waals surface area (Å²) in [7, 11) is 3.86. The molecular formula is C15H25N5. The molecule has 110 valence electrons. The molecule has 20 heavy (non-hydrogen) atoms. The van der Waals surface area contributed by atoms with Gasteiger partial charge in [0.1, 0.15) is 0 Å². The van der Waals surface area contributed by atoms with Crippen molar-refractivity contribution in [2.24, 2.45) is 17.5 Å². The molecule has 2 heterocycles. The SMILES string of the molecule is CN=C(NCc1ccnn1C)N1CCC2(CCCC2)C1. The Balaban J connectivity index is 1.59. The van der Waals surface area contributed by atoms with Crippen LogP contribution in [0.1, 0.15) is 37.8 Å². The van der Waals surface area contributed by atoms with E-state index in [1.165, 1.54) is 44.3 Å². The molecule has 2 aliphatic rings. The molecule has 0 radical (unpaired) electrons. The van der Waals surface area contributed by atoms with Crippen LogP contribution in [-0.2, 0) is 13.6 Å². The Morgan fingerprint density at radius 2 is 2.20 bits per heavy atom. The van der Waals surface area contributed by atoms with Gasteiger partial charge >= 0.3 is 0 Å². The number of hydrogen-bond acceptors (Lipinski definition) is 2. The molecule has 1 N–H and O–H groups in total. The molecule has 1 aliphatic carbocycles. The third kappa shape index (κ3) is 2.53. The van der Waals surface area contributed by atoms with Crippen LogP contribution in [0.2, 0.25) is 0 Å². The monoisotopic (exact) mass is 275 g/mol. The molecule has 2 fully saturated rings. The summed E-state index contributed by atoms with van der Waals surface area (Å²) in [5.74, 6) is 1.04. The predicted molar refractivity (Wildman–Crippen MR) is 80.5 cm³/mol. The number of hydrogen-bond donors (Lipinski definition) is 1. The number of nitrogens with one attached hydrogen (secondary N) is 1. The fraction of sp³-hybridized carbons (Fsp3) is 0.733. The Hall–Kier alpha value is -1.52. The van der Waals surface area contributed by atoms with Crippen molar-refractivity contribution in [1.29, 1.82) is 0 Å². The molecule has 3 rings (SSSR count). The van der Waals surface area contributed by atoms with E-state index in [1.807, 2.05) is 31.0 Å². The molecule has 1 saturated carbocycles. The molecule has 1 spiro atoms. The lowest BCUT2D eigenvalue weighted by Gasteiger charge is -2.25. The first-order valence-electron chi connectivity index (χ1n) is 7.65. The Labute approximate surface area is 121 Å². The number of aliphatic imine (C=N–C) groups is 1. The number of likely N-dealkylation sites (tertiary alicyclic amines) is 1. The zero-order valence-corrected chi connectivity index (χ0v) is 12.6. The Kier molecular flexibility index (Phi) is 3.68. The summed E-state index contributed by atoms with van der Waals surface area (Å²) in [4.78, 5) is 6.89. The van der Waals surface area contributed by atoms with Gasteiger partial charge in [-0.2, -0.15) is 5.10 Å². The van der Waals surface area contributed by atoms with E-state index in [4.69, 9.17) is 0 Å². The second kappa shape index (κ2) is 5.46. The van der Waals surface area contributed by atoms with E-state index in [2.05, 4.69) is 20.3 Å². The molecule has 0 aromatic carbocycles. The third-order valence-corrected chi connectivity index (χ3v) is 4.96. The van der Waals surface area contributed by atoms with Crippen molar-refractivity contribution in [3.63, 3.8) is 0 Å². The van der Waals surface area contributed by atoms with Gasteiger partial charge in [0, 0.05) is 33.4 Å². The maximum absolute atomic E-state index is 4.46. The molecule has 0 bridgehead atoms. The van der Waals surface area contributed by atoms with Crippen molar-refractivity contribution in [2.75, 3.05) is 20.1 Å². The summed E-state index contributed by atoms with van der Waals surface area (Å²) < 4.78 is 1.91. The molecule has 0 unspecified atom stereocenters. The number of guanidine groups is 1. The van der Waals surface area contributed by atoms with Gasteiger partial charge in [-0.3, -0.25) is 9.67 Å². The lowest BCUT2D eigenvalue weighted by atomic mass is 9.86. The first kappa shape index (κ1) is 13.5. The summed E-state index contributed by atoms with van der Waals surface area (Å²) in [5, 5.41) is 7.68. The minimum atomic E-state index is 0.587. The van der Waals surface area contributed by atoms with E-state index in [9.17, 15) is 0 Å². The maximum atomic E-state index is 4.46. The van der Waals surface area contributed by atoms with Crippen LogP contribution in [0.25, 0.3) is 0 Å². The highest BCUT2D eigenvalue weighted by Gasteiger charge is 2.41. The highest BCUT2D eigenvalue weighted by molar-refractivity contribution is 5.80. The van der Waals surface area contributed by atoms with Crippen molar-refractivity contribution in [2.45, 2.75) is 38.6 Å². The number of aromatic nitrogens is 2. The smallest absolute Gasteiger partial charge is 0.193 e. The molecular weight excluding hydrogens is 250 g/mol. The van der Waals surface area contributed by atoms with Crippen LogP contribution in [-0.4, -0.2) is 40.8 Å². The number of aryl methyl sites for hydroxylation is 1. The molecule has 0 atom stereocenters. The lowest BCUT2D eigenvalue weighted by molar-refractivity contribution is 0.309. The van der Waals surface area contributed by atoms with Gasteiger partial charge < -0.3 is 10.2 Å². The Bertz CT molecular complexity index is 484. The first-order chi connectivity index (χ1) is 9.72. The normalized spacial score (nSPS) is 21.9. The van der Waals surface area contributed by atoms with Crippen molar-refractivity contribution >= 4 is 5.96 Å². The van der Waals surface area contributed by atoms with Gasteiger partial charge in [0.25, 0.3) is 0 Å². The summed E-state index contributed by atoms with van der Waals surface area (Å²) >= 11 is 0. The van der Waals surface area contributed by atoms with Crippen molar-refractivity contribution in [3.05, 3.63) is 18.0 Å². The highest BCUT2D eigenvalue weighted by atomic mass is 15.3. The van der Waals surface area contributed by atoms with E-state index in [0.717, 1.165) is 19.0 Å². The van der Waals surface area contributed by atoms with E-state index >= 15 is 0 Å². The minimum absolute atomic E-state index is 0.587. The summed E-state index contributed by atoms with van der Waals surface area (Å²) in [6, 6.07) is 2.04. The summed E-state index contributed by atoms with van der Waals surface area (Å²) in [6.45, 7) is 3.11. The van der Waals surface area contributed by atoms with Crippen molar-refractivity contribution in [3.8, 4) is 0 Å². The Morgan fingerprint density at radius 3 is 2.85 bits per heavy atom. The van der Waals surface area contributed by atoms with Crippen molar-refractivity contribution < 1.29 is 0 Å².